The predicted octanol–water partition coefficient (Wildman–Crippen LogP) is 1.82. The van der Waals surface area contributed by atoms with Gasteiger partial charge in [0.15, 0.2) is 0 Å². The van der Waals surface area contributed by atoms with Gasteiger partial charge in [-0.15, -0.1) is 0 Å². The molecular weight excluding hydrogens is 252 g/mol. The van der Waals surface area contributed by atoms with Gasteiger partial charge in [0.1, 0.15) is 11.4 Å². The van der Waals surface area contributed by atoms with Crippen molar-refractivity contribution in [3.8, 4) is 5.75 Å². The van der Waals surface area contributed by atoms with Gasteiger partial charge in [-0.05, 0) is 19.9 Å². The largest absolute Gasteiger partial charge is 0.486 e. The summed E-state index contributed by atoms with van der Waals surface area (Å²) >= 11 is 0. The fourth-order valence-electron chi connectivity index (χ4n) is 3.08. The van der Waals surface area contributed by atoms with Crippen molar-refractivity contribution in [1.82, 2.24) is 10.2 Å². The van der Waals surface area contributed by atoms with Gasteiger partial charge in [0, 0.05) is 31.7 Å². The lowest BCUT2D eigenvalue weighted by Crippen LogP contribution is -2.44. The second kappa shape index (κ2) is 5.72. The van der Waals surface area contributed by atoms with Crippen molar-refractivity contribution in [3.05, 3.63) is 29.8 Å². The highest BCUT2D eigenvalue weighted by molar-refractivity contribution is 5.42. The molecule has 1 fully saturated rings. The van der Waals surface area contributed by atoms with E-state index in [2.05, 4.69) is 42.3 Å². The van der Waals surface area contributed by atoms with Crippen molar-refractivity contribution in [2.75, 3.05) is 39.4 Å². The molecule has 20 heavy (non-hydrogen) atoms. The Kier molecular flexibility index (Phi) is 3.96. The lowest BCUT2D eigenvalue weighted by atomic mass is 9.94. The minimum atomic E-state index is -0.186. The van der Waals surface area contributed by atoms with E-state index < -0.39 is 0 Å². The zero-order chi connectivity index (χ0) is 14.0. The summed E-state index contributed by atoms with van der Waals surface area (Å²) in [5, 5.41) is 3.67. The maximum absolute atomic E-state index is 6.05. The van der Waals surface area contributed by atoms with Crippen LogP contribution >= 0.6 is 0 Å². The van der Waals surface area contributed by atoms with E-state index in [0.717, 1.165) is 45.1 Å². The van der Waals surface area contributed by atoms with Gasteiger partial charge in [-0.25, -0.2) is 0 Å². The molecule has 0 spiro atoms. The molecule has 1 N–H and O–H groups in total. The topological polar surface area (TPSA) is 33.7 Å². The van der Waals surface area contributed by atoms with Crippen molar-refractivity contribution in [3.63, 3.8) is 0 Å². The van der Waals surface area contributed by atoms with E-state index in [1.807, 2.05) is 6.07 Å². The molecule has 2 heterocycles. The molecule has 1 aromatic rings. The average Bonchev–Trinajstić information content (AvgIpc) is 2.71. The molecular formula is C16H24N2O2. The van der Waals surface area contributed by atoms with E-state index in [0.29, 0.717) is 0 Å². The number of ether oxygens (including phenoxy) is 2. The fourth-order valence-corrected chi connectivity index (χ4v) is 3.08. The van der Waals surface area contributed by atoms with Gasteiger partial charge < -0.3 is 14.8 Å². The molecule has 1 atom stereocenters. The first-order valence-corrected chi connectivity index (χ1v) is 7.48. The van der Waals surface area contributed by atoms with Gasteiger partial charge in [0.05, 0.1) is 19.3 Å². The van der Waals surface area contributed by atoms with E-state index >= 15 is 0 Å². The number of para-hydroxylation sites is 1. The van der Waals surface area contributed by atoms with Crippen LogP contribution in [0.3, 0.4) is 0 Å². The summed E-state index contributed by atoms with van der Waals surface area (Å²) in [7, 11) is 0. The van der Waals surface area contributed by atoms with Crippen LogP contribution in [0.2, 0.25) is 0 Å². The number of hydrogen-bond acceptors (Lipinski definition) is 4. The zero-order valence-electron chi connectivity index (χ0n) is 12.4. The van der Waals surface area contributed by atoms with Crippen LogP contribution in [0.1, 0.15) is 25.5 Å². The average molecular weight is 276 g/mol. The first-order valence-electron chi connectivity index (χ1n) is 7.48. The SMILES string of the molecule is CC1(C)Oc2ccccc2C1NCCN1CCOCC1. The van der Waals surface area contributed by atoms with Gasteiger partial charge in [-0.2, -0.15) is 0 Å². The fraction of sp³-hybridized carbons (Fsp3) is 0.625. The Bertz CT molecular complexity index is 456. The summed E-state index contributed by atoms with van der Waals surface area (Å²) in [5.74, 6) is 1.02. The molecule has 4 heteroatoms. The number of morpholine rings is 1. The molecule has 2 aliphatic rings. The van der Waals surface area contributed by atoms with Gasteiger partial charge in [-0.3, -0.25) is 4.90 Å². The van der Waals surface area contributed by atoms with E-state index in [-0.39, 0.29) is 11.6 Å². The highest BCUT2D eigenvalue weighted by atomic mass is 16.5. The standard InChI is InChI=1S/C16H24N2O2/c1-16(2)15(13-5-3-4-6-14(13)20-16)17-7-8-18-9-11-19-12-10-18/h3-6,15,17H,7-12H2,1-2H3. The molecule has 0 amide bonds. The van der Waals surface area contributed by atoms with Crippen LogP contribution in [0.15, 0.2) is 24.3 Å². The van der Waals surface area contributed by atoms with E-state index in [1.54, 1.807) is 0 Å². The maximum atomic E-state index is 6.05. The molecule has 3 rings (SSSR count). The van der Waals surface area contributed by atoms with Gasteiger partial charge in [-0.1, -0.05) is 18.2 Å². The minimum absolute atomic E-state index is 0.186. The molecule has 0 saturated carbocycles. The summed E-state index contributed by atoms with van der Waals surface area (Å²) in [6, 6.07) is 8.60. The Morgan fingerprint density at radius 1 is 1.25 bits per heavy atom. The van der Waals surface area contributed by atoms with E-state index in [4.69, 9.17) is 9.47 Å². The second-order valence-electron chi connectivity index (χ2n) is 6.08. The molecule has 110 valence electrons. The Labute approximate surface area is 121 Å². The first kappa shape index (κ1) is 13.9. The third kappa shape index (κ3) is 2.82. The van der Waals surface area contributed by atoms with Gasteiger partial charge in [0.2, 0.25) is 0 Å². The Morgan fingerprint density at radius 3 is 2.80 bits per heavy atom. The zero-order valence-corrected chi connectivity index (χ0v) is 12.4. The third-order valence-corrected chi connectivity index (χ3v) is 4.18. The van der Waals surface area contributed by atoms with Gasteiger partial charge >= 0.3 is 0 Å². The van der Waals surface area contributed by atoms with E-state index in [9.17, 15) is 0 Å². The molecule has 1 aromatic carbocycles. The summed E-state index contributed by atoms with van der Waals surface area (Å²) in [6.07, 6.45) is 0. The second-order valence-corrected chi connectivity index (χ2v) is 6.08. The predicted molar refractivity (Wildman–Crippen MR) is 79.2 cm³/mol. The summed E-state index contributed by atoms with van der Waals surface area (Å²) < 4.78 is 11.4. The number of nitrogens with zero attached hydrogens (tertiary/aromatic N) is 1. The maximum Gasteiger partial charge on any atom is 0.125 e. The molecule has 0 aromatic heterocycles. The lowest BCUT2D eigenvalue weighted by molar-refractivity contribution is 0.0363. The number of nitrogens with one attached hydrogen (secondary N) is 1. The molecule has 4 nitrogen and oxygen atoms in total. The molecule has 0 aliphatic carbocycles. The van der Waals surface area contributed by atoms with Crippen molar-refractivity contribution in [2.24, 2.45) is 0 Å². The van der Waals surface area contributed by atoms with Crippen LogP contribution in [-0.4, -0.2) is 49.9 Å². The highest BCUT2D eigenvalue weighted by Gasteiger charge is 2.40. The van der Waals surface area contributed by atoms with Crippen LogP contribution in [0.4, 0.5) is 0 Å². The molecule has 2 aliphatic heterocycles. The highest BCUT2D eigenvalue weighted by Crippen LogP contribution is 2.42. The number of rotatable bonds is 4. The number of benzene rings is 1. The number of hydrogen-bond donors (Lipinski definition) is 1. The molecule has 1 saturated heterocycles. The quantitative estimate of drug-likeness (QED) is 0.909. The summed E-state index contributed by atoms with van der Waals surface area (Å²) in [6.45, 7) is 10.2. The smallest absolute Gasteiger partial charge is 0.125 e. The van der Waals surface area contributed by atoms with Crippen molar-refractivity contribution >= 4 is 0 Å². The molecule has 0 bridgehead atoms. The monoisotopic (exact) mass is 276 g/mol. The Hall–Kier alpha value is -1.10. The summed E-state index contributed by atoms with van der Waals surface area (Å²) in [4.78, 5) is 2.45. The lowest BCUT2D eigenvalue weighted by Gasteiger charge is -2.30. The van der Waals surface area contributed by atoms with Crippen LogP contribution in [0.25, 0.3) is 0 Å². The van der Waals surface area contributed by atoms with Crippen molar-refractivity contribution in [1.29, 1.82) is 0 Å². The third-order valence-electron chi connectivity index (χ3n) is 4.18. The number of fused-ring (bicyclic) bond motifs is 1. The van der Waals surface area contributed by atoms with E-state index in [1.165, 1.54) is 5.56 Å². The molecule has 0 radical (unpaired) electrons. The van der Waals surface area contributed by atoms with Crippen LogP contribution in [0, 0.1) is 0 Å². The first-order chi connectivity index (χ1) is 9.67. The minimum Gasteiger partial charge on any atom is -0.486 e. The van der Waals surface area contributed by atoms with Crippen molar-refractivity contribution < 1.29 is 9.47 Å². The van der Waals surface area contributed by atoms with Gasteiger partial charge in [0.25, 0.3) is 0 Å². The summed E-state index contributed by atoms with van der Waals surface area (Å²) in [5.41, 5.74) is 1.09. The van der Waals surface area contributed by atoms with Crippen molar-refractivity contribution in [2.45, 2.75) is 25.5 Å². The normalized spacial score (nSPS) is 25.2. The van der Waals surface area contributed by atoms with Crippen LogP contribution < -0.4 is 10.1 Å². The Morgan fingerprint density at radius 2 is 2.00 bits per heavy atom. The Balaban J connectivity index is 1.58. The molecule has 1 unspecified atom stereocenters. The van der Waals surface area contributed by atoms with Crippen LogP contribution in [0.5, 0.6) is 5.75 Å². The van der Waals surface area contributed by atoms with Crippen LogP contribution in [-0.2, 0) is 4.74 Å².